The minimum atomic E-state index is -0.894. The highest BCUT2D eigenvalue weighted by Crippen LogP contribution is 2.27. The summed E-state index contributed by atoms with van der Waals surface area (Å²) in [5.41, 5.74) is 10.3. The van der Waals surface area contributed by atoms with Crippen LogP contribution in [0.4, 0.5) is 0 Å². The molecule has 1 rings (SSSR count). The van der Waals surface area contributed by atoms with Crippen molar-refractivity contribution < 1.29 is 4.79 Å². The number of nitrogens with zero attached hydrogens (tertiary/aromatic N) is 1. The van der Waals surface area contributed by atoms with Crippen molar-refractivity contribution in [2.24, 2.45) is 23.3 Å². The van der Waals surface area contributed by atoms with E-state index in [9.17, 15) is 4.79 Å². The normalized spacial score (nSPS) is 27.1. The summed E-state index contributed by atoms with van der Waals surface area (Å²) in [6, 6.07) is 0.321. The topological polar surface area (TPSA) is 72.3 Å². The molecule has 4 N–H and O–H groups in total. The van der Waals surface area contributed by atoms with Crippen LogP contribution in [0.2, 0.25) is 0 Å². The van der Waals surface area contributed by atoms with Gasteiger partial charge in [-0.2, -0.15) is 0 Å². The third-order valence-corrected chi connectivity index (χ3v) is 4.10. The van der Waals surface area contributed by atoms with E-state index in [2.05, 4.69) is 25.7 Å². The molecule has 0 spiro atoms. The van der Waals surface area contributed by atoms with Crippen molar-refractivity contribution in [3.05, 3.63) is 0 Å². The van der Waals surface area contributed by atoms with Gasteiger partial charge in [0.15, 0.2) is 0 Å². The number of hydrogen-bond donors (Lipinski definition) is 2. The van der Waals surface area contributed by atoms with Gasteiger partial charge in [0, 0.05) is 12.6 Å². The van der Waals surface area contributed by atoms with Crippen LogP contribution in [0.15, 0.2) is 0 Å². The standard InChI is InChI=1S/C13H27N3O/c1-9(2)11-5-6-16(8-11)10(3)7-13(4,15)12(14)17/h9-11H,5-8,15H2,1-4H3,(H2,14,17). The summed E-state index contributed by atoms with van der Waals surface area (Å²) >= 11 is 0. The zero-order chi connectivity index (χ0) is 13.2. The number of amides is 1. The Hall–Kier alpha value is -0.610. The third-order valence-electron chi connectivity index (χ3n) is 4.10. The van der Waals surface area contributed by atoms with Crippen molar-refractivity contribution >= 4 is 5.91 Å². The van der Waals surface area contributed by atoms with Gasteiger partial charge in [0.1, 0.15) is 0 Å². The molecule has 1 saturated heterocycles. The predicted molar refractivity (Wildman–Crippen MR) is 70.4 cm³/mol. The SMILES string of the molecule is CC(C)C1CCN(C(C)CC(C)(N)C(N)=O)C1. The van der Waals surface area contributed by atoms with Gasteiger partial charge in [-0.25, -0.2) is 0 Å². The zero-order valence-corrected chi connectivity index (χ0v) is 11.6. The lowest BCUT2D eigenvalue weighted by Gasteiger charge is -2.31. The van der Waals surface area contributed by atoms with Gasteiger partial charge >= 0.3 is 0 Å². The average Bonchev–Trinajstić information content (AvgIpc) is 2.65. The van der Waals surface area contributed by atoms with Crippen LogP contribution in [0, 0.1) is 11.8 Å². The number of likely N-dealkylation sites (tertiary alicyclic amines) is 1. The van der Waals surface area contributed by atoms with E-state index < -0.39 is 11.4 Å². The van der Waals surface area contributed by atoms with E-state index in [0.29, 0.717) is 12.5 Å². The molecular weight excluding hydrogens is 214 g/mol. The molecule has 1 fully saturated rings. The second-order valence-electron chi connectivity index (χ2n) is 6.12. The second kappa shape index (κ2) is 5.36. The third kappa shape index (κ3) is 3.68. The van der Waals surface area contributed by atoms with Gasteiger partial charge in [-0.05, 0) is 45.1 Å². The van der Waals surface area contributed by atoms with E-state index in [1.807, 2.05) is 0 Å². The molecule has 3 atom stereocenters. The molecule has 3 unspecified atom stereocenters. The van der Waals surface area contributed by atoms with Crippen molar-refractivity contribution in [2.45, 2.75) is 52.1 Å². The van der Waals surface area contributed by atoms with Gasteiger partial charge in [0.2, 0.25) is 5.91 Å². The fourth-order valence-corrected chi connectivity index (χ4v) is 2.60. The van der Waals surface area contributed by atoms with Crippen molar-refractivity contribution in [3.8, 4) is 0 Å². The molecule has 4 nitrogen and oxygen atoms in total. The summed E-state index contributed by atoms with van der Waals surface area (Å²) in [6.45, 7) is 10.6. The van der Waals surface area contributed by atoms with Gasteiger partial charge < -0.3 is 16.4 Å². The van der Waals surface area contributed by atoms with Gasteiger partial charge in [0.25, 0.3) is 0 Å². The minimum absolute atomic E-state index is 0.321. The summed E-state index contributed by atoms with van der Waals surface area (Å²) in [7, 11) is 0. The molecular formula is C13H27N3O. The number of nitrogens with two attached hydrogens (primary N) is 2. The van der Waals surface area contributed by atoms with Gasteiger partial charge in [-0.1, -0.05) is 13.8 Å². The molecule has 0 aliphatic carbocycles. The highest BCUT2D eigenvalue weighted by molar-refractivity contribution is 5.83. The number of carbonyl (C=O) groups excluding carboxylic acids is 1. The molecule has 0 bridgehead atoms. The second-order valence-corrected chi connectivity index (χ2v) is 6.12. The Morgan fingerprint density at radius 3 is 2.47 bits per heavy atom. The first-order valence-corrected chi connectivity index (χ1v) is 6.57. The van der Waals surface area contributed by atoms with Crippen molar-refractivity contribution in [1.29, 1.82) is 0 Å². The van der Waals surface area contributed by atoms with E-state index in [4.69, 9.17) is 11.5 Å². The zero-order valence-electron chi connectivity index (χ0n) is 11.6. The van der Waals surface area contributed by atoms with Crippen molar-refractivity contribution in [3.63, 3.8) is 0 Å². The van der Waals surface area contributed by atoms with E-state index in [-0.39, 0.29) is 0 Å². The molecule has 1 aliphatic rings. The lowest BCUT2D eigenvalue weighted by Crippen LogP contribution is -2.53. The molecule has 4 heteroatoms. The van der Waals surface area contributed by atoms with Crippen LogP contribution in [0.25, 0.3) is 0 Å². The Balaban J connectivity index is 2.50. The molecule has 0 saturated carbocycles. The van der Waals surface area contributed by atoms with E-state index in [1.165, 1.54) is 6.42 Å². The maximum absolute atomic E-state index is 11.2. The molecule has 17 heavy (non-hydrogen) atoms. The van der Waals surface area contributed by atoms with E-state index in [1.54, 1.807) is 6.92 Å². The average molecular weight is 241 g/mol. The van der Waals surface area contributed by atoms with Gasteiger partial charge in [0.05, 0.1) is 5.54 Å². The minimum Gasteiger partial charge on any atom is -0.368 e. The number of hydrogen-bond acceptors (Lipinski definition) is 3. The van der Waals surface area contributed by atoms with Crippen LogP contribution in [0.5, 0.6) is 0 Å². The summed E-state index contributed by atoms with van der Waals surface area (Å²) in [5, 5.41) is 0. The highest BCUT2D eigenvalue weighted by Gasteiger charge is 2.33. The predicted octanol–water partition coefficient (Wildman–Crippen LogP) is 0.946. The molecule has 100 valence electrons. The van der Waals surface area contributed by atoms with Crippen LogP contribution < -0.4 is 11.5 Å². The molecule has 0 aromatic rings. The van der Waals surface area contributed by atoms with Crippen molar-refractivity contribution in [1.82, 2.24) is 4.90 Å². The molecule has 0 aromatic carbocycles. The van der Waals surface area contributed by atoms with E-state index >= 15 is 0 Å². The number of rotatable bonds is 5. The van der Waals surface area contributed by atoms with Crippen LogP contribution >= 0.6 is 0 Å². The Labute approximate surface area is 105 Å². The maximum atomic E-state index is 11.2. The monoisotopic (exact) mass is 241 g/mol. The van der Waals surface area contributed by atoms with Crippen molar-refractivity contribution in [2.75, 3.05) is 13.1 Å². The van der Waals surface area contributed by atoms with Gasteiger partial charge in [-0.3, -0.25) is 4.79 Å². The summed E-state index contributed by atoms with van der Waals surface area (Å²) < 4.78 is 0. The van der Waals surface area contributed by atoms with Crippen LogP contribution in [0.3, 0.4) is 0 Å². The molecule has 1 amide bonds. The fourth-order valence-electron chi connectivity index (χ4n) is 2.60. The molecule has 0 aromatic heterocycles. The first-order valence-electron chi connectivity index (χ1n) is 6.57. The van der Waals surface area contributed by atoms with Crippen LogP contribution in [0.1, 0.15) is 40.5 Å². The fraction of sp³-hybridized carbons (Fsp3) is 0.923. The molecule has 0 radical (unpaired) electrons. The van der Waals surface area contributed by atoms with Crippen LogP contribution in [-0.4, -0.2) is 35.5 Å². The highest BCUT2D eigenvalue weighted by atomic mass is 16.1. The smallest absolute Gasteiger partial charge is 0.237 e. The largest absolute Gasteiger partial charge is 0.368 e. The molecule has 1 aliphatic heterocycles. The number of primary amides is 1. The Kier molecular flexibility index (Phi) is 4.55. The quantitative estimate of drug-likeness (QED) is 0.752. The Bertz CT molecular complexity index is 276. The maximum Gasteiger partial charge on any atom is 0.237 e. The first-order chi connectivity index (χ1) is 7.74. The Morgan fingerprint density at radius 2 is 2.06 bits per heavy atom. The summed E-state index contributed by atoms with van der Waals surface area (Å²) in [6.07, 6.45) is 1.88. The number of carbonyl (C=O) groups is 1. The lowest BCUT2D eigenvalue weighted by molar-refractivity contribution is -0.123. The van der Waals surface area contributed by atoms with E-state index in [0.717, 1.165) is 24.9 Å². The first kappa shape index (κ1) is 14.5. The molecule has 1 heterocycles. The Morgan fingerprint density at radius 1 is 1.47 bits per heavy atom. The van der Waals surface area contributed by atoms with Gasteiger partial charge in [-0.15, -0.1) is 0 Å². The summed E-state index contributed by atoms with van der Waals surface area (Å²) in [5.74, 6) is 1.09. The summed E-state index contributed by atoms with van der Waals surface area (Å²) in [4.78, 5) is 13.7. The van der Waals surface area contributed by atoms with Crippen LogP contribution in [-0.2, 0) is 4.79 Å². The lowest BCUT2D eigenvalue weighted by atomic mass is 9.93.